The van der Waals surface area contributed by atoms with Crippen molar-refractivity contribution >= 4 is 5.69 Å². The first-order valence-corrected chi connectivity index (χ1v) is 12.0. The lowest BCUT2D eigenvalue weighted by molar-refractivity contribution is 0.117. The first-order valence-electron chi connectivity index (χ1n) is 12.0. The van der Waals surface area contributed by atoms with Gasteiger partial charge in [-0.25, -0.2) is 9.07 Å². The van der Waals surface area contributed by atoms with Gasteiger partial charge in [0.2, 0.25) is 0 Å². The number of nitrogens with zero attached hydrogens (tertiary/aromatic N) is 3. The molecule has 188 valence electrons. The lowest BCUT2D eigenvalue weighted by Crippen LogP contribution is -2.26. The fraction of sp³-hybridized carbons (Fsp3) is 0.286. The van der Waals surface area contributed by atoms with Crippen LogP contribution in [0.3, 0.4) is 0 Å². The highest BCUT2D eigenvalue weighted by Gasteiger charge is 2.18. The molecule has 3 aromatic carbocycles. The second-order valence-corrected chi connectivity index (χ2v) is 8.97. The van der Waals surface area contributed by atoms with Gasteiger partial charge in [-0.2, -0.15) is 4.98 Å². The first-order chi connectivity index (χ1) is 17.4. The smallest absolute Gasteiger partial charge is 0.336 e. The van der Waals surface area contributed by atoms with Crippen molar-refractivity contribution in [1.29, 1.82) is 0 Å². The average molecular weight is 491 g/mol. The van der Waals surface area contributed by atoms with Gasteiger partial charge in [-0.3, -0.25) is 0 Å². The highest BCUT2D eigenvalue weighted by molar-refractivity contribution is 5.60. The molecule has 4 rings (SSSR count). The molecule has 0 spiro atoms. The predicted octanol–water partition coefficient (Wildman–Crippen LogP) is 5.27. The number of aromatic nitrogens is 3. The fourth-order valence-electron chi connectivity index (χ4n) is 3.51. The molecular weight excluding hydrogens is 459 g/mol. The lowest BCUT2D eigenvalue weighted by atomic mass is 10.2. The van der Waals surface area contributed by atoms with Gasteiger partial charge in [0.05, 0.1) is 17.9 Å². The zero-order chi connectivity index (χ0) is 25.5. The SMILES string of the molecule is Cc1ccccc1OC[C@@H](O)CNc1ccc(-n2nc(OCC(C)C)nc2-c2ccccc2F)cc1. The Labute approximate surface area is 210 Å². The van der Waals surface area contributed by atoms with E-state index in [9.17, 15) is 9.50 Å². The van der Waals surface area contributed by atoms with Crippen molar-refractivity contribution in [2.45, 2.75) is 26.9 Å². The maximum atomic E-state index is 14.6. The number of anilines is 1. The van der Waals surface area contributed by atoms with Crippen LogP contribution in [0, 0.1) is 18.7 Å². The summed E-state index contributed by atoms with van der Waals surface area (Å²) >= 11 is 0. The van der Waals surface area contributed by atoms with E-state index in [2.05, 4.69) is 15.4 Å². The number of halogens is 1. The minimum absolute atomic E-state index is 0.181. The molecule has 36 heavy (non-hydrogen) atoms. The molecule has 1 heterocycles. The maximum Gasteiger partial charge on any atom is 0.336 e. The molecule has 0 radical (unpaired) electrons. The largest absolute Gasteiger partial charge is 0.491 e. The second kappa shape index (κ2) is 11.7. The predicted molar refractivity (Wildman–Crippen MR) is 138 cm³/mol. The van der Waals surface area contributed by atoms with Crippen molar-refractivity contribution in [3.63, 3.8) is 0 Å². The summed E-state index contributed by atoms with van der Waals surface area (Å²) in [6.07, 6.45) is -0.687. The summed E-state index contributed by atoms with van der Waals surface area (Å²) in [5.74, 6) is 1.03. The Morgan fingerprint density at radius 1 is 0.944 bits per heavy atom. The van der Waals surface area contributed by atoms with Gasteiger partial charge in [0.1, 0.15) is 24.3 Å². The van der Waals surface area contributed by atoms with E-state index >= 15 is 0 Å². The minimum atomic E-state index is -0.687. The van der Waals surface area contributed by atoms with Crippen molar-refractivity contribution in [2.24, 2.45) is 5.92 Å². The summed E-state index contributed by atoms with van der Waals surface area (Å²) in [7, 11) is 0. The molecule has 0 unspecified atom stereocenters. The van der Waals surface area contributed by atoms with Crippen molar-refractivity contribution in [1.82, 2.24) is 14.8 Å². The first kappa shape index (κ1) is 25.2. The van der Waals surface area contributed by atoms with Crippen LogP contribution in [0.1, 0.15) is 19.4 Å². The van der Waals surface area contributed by atoms with Crippen LogP contribution in [0.15, 0.2) is 72.8 Å². The molecule has 0 amide bonds. The van der Waals surface area contributed by atoms with Gasteiger partial charge in [-0.15, -0.1) is 5.10 Å². The second-order valence-electron chi connectivity index (χ2n) is 8.97. The van der Waals surface area contributed by atoms with E-state index in [0.29, 0.717) is 36.1 Å². The van der Waals surface area contributed by atoms with Crippen LogP contribution in [0.4, 0.5) is 10.1 Å². The Bertz CT molecular complexity index is 1270. The molecule has 8 heteroatoms. The van der Waals surface area contributed by atoms with E-state index in [1.165, 1.54) is 6.07 Å². The van der Waals surface area contributed by atoms with Gasteiger partial charge in [0.25, 0.3) is 0 Å². The molecule has 0 saturated carbocycles. The molecule has 0 aliphatic heterocycles. The van der Waals surface area contributed by atoms with Crippen LogP contribution < -0.4 is 14.8 Å². The number of ether oxygens (including phenoxy) is 2. The molecule has 2 N–H and O–H groups in total. The van der Waals surface area contributed by atoms with Crippen molar-refractivity contribution in [2.75, 3.05) is 25.1 Å². The van der Waals surface area contributed by atoms with Gasteiger partial charge >= 0.3 is 6.01 Å². The quantitative estimate of drug-likeness (QED) is 0.298. The molecule has 7 nitrogen and oxygen atoms in total. The number of hydrogen-bond donors (Lipinski definition) is 2. The molecule has 0 fully saturated rings. The number of para-hydroxylation sites is 1. The Balaban J connectivity index is 1.44. The zero-order valence-corrected chi connectivity index (χ0v) is 20.7. The third-order valence-electron chi connectivity index (χ3n) is 5.43. The van der Waals surface area contributed by atoms with E-state index in [0.717, 1.165) is 17.0 Å². The van der Waals surface area contributed by atoms with Gasteiger partial charge in [0.15, 0.2) is 5.82 Å². The molecule has 1 aromatic heterocycles. The Hall–Kier alpha value is -3.91. The van der Waals surface area contributed by atoms with Crippen LogP contribution in [0.2, 0.25) is 0 Å². The minimum Gasteiger partial charge on any atom is -0.491 e. The number of hydrogen-bond acceptors (Lipinski definition) is 6. The number of aryl methyl sites for hydroxylation is 1. The summed E-state index contributed by atoms with van der Waals surface area (Å²) in [5, 5.41) is 18.0. The summed E-state index contributed by atoms with van der Waals surface area (Å²) in [6, 6.07) is 21.8. The Morgan fingerprint density at radius 2 is 1.67 bits per heavy atom. The zero-order valence-electron chi connectivity index (χ0n) is 20.7. The van der Waals surface area contributed by atoms with Gasteiger partial charge in [-0.05, 0) is 60.9 Å². The van der Waals surface area contributed by atoms with E-state index in [-0.39, 0.29) is 18.4 Å². The van der Waals surface area contributed by atoms with Crippen LogP contribution in [-0.4, -0.2) is 45.7 Å². The summed E-state index contributed by atoms with van der Waals surface area (Å²) in [6.45, 7) is 6.99. The molecule has 0 bridgehead atoms. The standard InChI is InChI=1S/C28H31FN4O3/c1-19(2)17-36-28-31-27(24-9-5-6-10-25(24)29)33(32-28)22-14-12-21(13-15-22)30-16-23(34)18-35-26-11-7-4-8-20(26)3/h4-15,19,23,30,34H,16-18H2,1-3H3/t23-/m0/s1. The lowest BCUT2D eigenvalue weighted by Gasteiger charge is -2.15. The topological polar surface area (TPSA) is 81.4 Å². The third-order valence-corrected chi connectivity index (χ3v) is 5.43. The van der Waals surface area contributed by atoms with E-state index in [4.69, 9.17) is 9.47 Å². The number of rotatable bonds is 11. The summed E-state index contributed by atoms with van der Waals surface area (Å²) in [5.41, 5.74) is 2.88. The maximum absolute atomic E-state index is 14.6. The highest BCUT2D eigenvalue weighted by Crippen LogP contribution is 2.26. The van der Waals surface area contributed by atoms with E-state index < -0.39 is 6.10 Å². The normalized spacial score (nSPS) is 11.9. The van der Waals surface area contributed by atoms with Crippen molar-refractivity contribution in [3.8, 4) is 28.8 Å². The highest BCUT2D eigenvalue weighted by atomic mass is 19.1. The number of aliphatic hydroxyl groups excluding tert-OH is 1. The monoisotopic (exact) mass is 490 g/mol. The Kier molecular flexibility index (Phi) is 8.17. The van der Waals surface area contributed by atoms with Crippen LogP contribution >= 0.6 is 0 Å². The van der Waals surface area contributed by atoms with Crippen LogP contribution in [0.25, 0.3) is 17.1 Å². The summed E-state index contributed by atoms with van der Waals surface area (Å²) in [4.78, 5) is 4.45. The third kappa shape index (κ3) is 6.40. The van der Waals surface area contributed by atoms with Crippen LogP contribution in [0.5, 0.6) is 11.8 Å². The average Bonchev–Trinajstić information content (AvgIpc) is 3.30. The number of nitrogens with one attached hydrogen (secondary N) is 1. The van der Waals surface area contributed by atoms with Gasteiger partial charge in [-0.1, -0.05) is 44.2 Å². The fourth-order valence-corrected chi connectivity index (χ4v) is 3.51. The molecule has 1 atom stereocenters. The molecule has 0 aliphatic rings. The van der Waals surface area contributed by atoms with Crippen molar-refractivity contribution < 1.29 is 19.0 Å². The van der Waals surface area contributed by atoms with E-state index in [1.807, 2.05) is 69.3 Å². The molecular formula is C28H31FN4O3. The summed E-state index contributed by atoms with van der Waals surface area (Å²) < 4.78 is 27.6. The van der Waals surface area contributed by atoms with Crippen LogP contribution in [-0.2, 0) is 0 Å². The number of benzene rings is 3. The molecule has 4 aromatic rings. The number of aliphatic hydroxyl groups is 1. The molecule has 0 aliphatic carbocycles. The van der Waals surface area contributed by atoms with Crippen molar-refractivity contribution in [3.05, 3.63) is 84.2 Å². The van der Waals surface area contributed by atoms with Gasteiger partial charge in [0, 0.05) is 12.2 Å². The molecule has 0 saturated heterocycles. The Morgan fingerprint density at radius 3 is 2.39 bits per heavy atom. The van der Waals surface area contributed by atoms with E-state index in [1.54, 1.807) is 22.9 Å². The van der Waals surface area contributed by atoms with Gasteiger partial charge < -0.3 is 19.9 Å².